The molecule has 0 aromatic heterocycles. The minimum atomic E-state index is -4.27. The molecule has 0 unspecified atom stereocenters. The summed E-state index contributed by atoms with van der Waals surface area (Å²) < 4.78 is 38.3. The molecule has 0 saturated carbocycles. The van der Waals surface area contributed by atoms with Crippen LogP contribution in [0.15, 0.2) is 18.2 Å². The maximum atomic E-state index is 12.8. The van der Waals surface area contributed by atoms with Gasteiger partial charge in [-0.2, -0.15) is 13.2 Å². The van der Waals surface area contributed by atoms with Gasteiger partial charge in [0.2, 0.25) is 0 Å². The summed E-state index contributed by atoms with van der Waals surface area (Å²) in [5.74, 6) is 0. The summed E-state index contributed by atoms with van der Waals surface area (Å²) in [5.41, 5.74) is 0.762. The van der Waals surface area contributed by atoms with E-state index in [0.29, 0.717) is 11.3 Å². The van der Waals surface area contributed by atoms with Crippen LogP contribution in [0.3, 0.4) is 0 Å². The molecule has 4 heteroatoms. The standard InChI is InChI=1S/C14H20F3N/c1-4-6-18(7-5-2)13-9-11(3)8-12(10-13)14(15,16)17/h8-10H,4-7H2,1-3H3. The van der Waals surface area contributed by atoms with Crippen LogP contribution < -0.4 is 4.90 Å². The van der Waals surface area contributed by atoms with E-state index < -0.39 is 11.7 Å². The van der Waals surface area contributed by atoms with Gasteiger partial charge in [-0.1, -0.05) is 13.8 Å². The van der Waals surface area contributed by atoms with E-state index in [1.807, 2.05) is 24.8 Å². The lowest BCUT2D eigenvalue weighted by Gasteiger charge is -2.25. The van der Waals surface area contributed by atoms with E-state index in [4.69, 9.17) is 0 Å². The normalized spacial score (nSPS) is 11.7. The Morgan fingerprint density at radius 2 is 1.56 bits per heavy atom. The van der Waals surface area contributed by atoms with Crippen molar-refractivity contribution in [1.82, 2.24) is 0 Å². The second-order valence-corrected chi connectivity index (χ2v) is 4.54. The minimum Gasteiger partial charge on any atom is -0.372 e. The number of nitrogens with zero attached hydrogens (tertiary/aromatic N) is 1. The van der Waals surface area contributed by atoms with Crippen LogP contribution >= 0.6 is 0 Å². The zero-order valence-corrected chi connectivity index (χ0v) is 11.1. The topological polar surface area (TPSA) is 3.24 Å². The Kier molecular flexibility index (Phi) is 5.05. The maximum Gasteiger partial charge on any atom is 0.416 e. The van der Waals surface area contributed by atoms with Crippen LogP contribution in [-0.2, 0) is 6.18 Å². The van der Waals surface area contributed by atoms with Crippen molar-refractivity contribution in [2.45, 2.75) is 39.8 Å². The van der Waals surface area contributed by atoms with Crippen LogP contribution in [0.25, 0.3) is 0 Å². The Morgan fingerprint density at radius 3 is 2.00 bits per heavy atom. The van der Waals surface area contributed by atoms with Crippen molar-refractivity contribution in [2.75, 3.05) is 18.0 Å². The van der Waals surface area contributed by atoms with Gasteiger partial charge in [0.1, 0.15) is 0 Å². The summed E-state index contributed by atoms with van der Waals surface area (Å²) in [7, 11) is 0. The van der Waals surface area contributed by atoms with E-state index >= 15 is 0 Å². The number of halogens is 3. The van der Waals surface area contributed by atoms with Crippen LogP contribution in [0, 0.1) is 6.92 Å². The van der Waals surface area contributed by atoms with Gasteiger partial charge in [0.25, 0.3) is 0 Å². The predicted octanol–water partition coefficient (Wildman–Crippen LogP) is 4.64. The minimum absolute atomic E-state index is 0.560. The second kappa shape index (κ2) is 6.12. The summed E-state index contributed by atoms with van der Waals surface area (Å²) >= 11 is 0. The molecular formula is C14H20F3N. The first-order valence-corrected chi connectivity index (χ1v) is 6.32. The lowest BCUT2D eigenvalue weighted by atomic mass is 10.1. The fraction of sp³-hybridized carbons (Fsp3) is 0.571. The van der Waals surface area contributed by atoms with Gasteiger partial charge in [-0.25, -0.2) is 0 Å². The third-order valence-corrected chi connectivity index (χ3v) is 2.74. The number of anilines is 1. The van der Waals surface area contributed by atoms with Gasteiger partial charge < -0.3 is 4.90 Å². The Morgan fingerprint density at radius 1 is 1.00 bits per heavy atom. The number of aryl methyl sites for hydroxylation is 1. The van der Waals surface area contributed by atoms with Crippen molar-refractivity contribution in [3.63, 3.8) is 0 Å². The first kappa shape index (κ1) is 14.9. The SMILES string of the molecule is CCCN(CCC)c1cc(C)cc(C(F)(F)F)c1. The number of hydrogen-bond donors (Lipinski definition) is 0. The molecule has 0 radical (unpaired) electrons. The molecule has 18 heavy (non-hydrogen) atoms. The molecule has 1 rings (SSSR count). The first-order valence-electron chi connectivity index (χ1n) is 6.32. The third-order valence-electron chi connectivity index (χ3n) is 2.74. The highest BCUT2D eigenvalue weighted by atomic mass is 19.4. The highest BCUT2D eigenvalue weighted by Gasteiger charge is 2.31. The predicted molar refractivity (Wildman–Crippen MR) is 69.0 cm³/mol. The summed E-state index contributed by atoms with van der Waals surface area (Å²) in [4.78, 5) is 2.02. The zero-order chi connectivity index (χ0) is 13.8. The summed E-state index contributed by atoms with van der Waals surface area (Å²) in [6.07, 6.45) is -2.42. The van der Waals surface area contributed by atoms with Gasteiger partial charge >= 0.3 is 6.18 Å². The molecule has 0 N–H and O–H groups in total. The van der Waals surface area contributed by atoms with Crippen LogP contribution in [0.4, 0.5) is 18.9 Å². The number of rotatable bonds is 5. The molecule has 0 aliphatic carbocycles. The molecule has 1 nitrogen and oxygen atoms in total. The van der Waals surface area contributed by atoms with Gasteiger partial charge in [0.05, 0.1) is 5.56 Å². The second-order valence-electron chi connectivity index (χ2n) is 4.54. The zero-order valence-electron chi connectivity index (χ0n) is 11.1. The molecule has 0 spiro atoms. The molecule has 0 saturated heterocycles. The van der Waals surface area contributed by atoms with E-state index in [0.717, 1.165) is 25.9 Å². The average Bonchev–Trinajstić information content (AvgIpc) is 2.27. The molecule has 0 bridgehead atoms. The van der Waals surface area contributed by atoms with Gasteiger partial charge in [-0.05, 0) is 43.5 Å². The van der Waals surface area contributed by atoms with Crippen molar-refractivity contribution in [2.24, 2.45) is 0 Å². The number of hydrogen-bond acceptors (Lipinski definition) is 1. The van der Waals surface area contributed by atoms with E-state index in [9.17, 15) is 13.2 Å². The quantitative estimate of drug-likeness (QED) is 0.744. The summed E-state index contributed by atoms with van der Waals surface area (Å²) in [6.45, 7) is 7.34. The lowest BCUT2D eigenvalue weighted by Crippen LogP contribution is -2.25. The van der Waals surface area contributed by atoms with Crippen molar-refractivity contribution in [1.29, 1.82) is 0 Å². The van der Waals surface area contributed by atoms with Gasteiger partial charge in [-0.3, -0.25) is 0 Å². The van der Waals surface area contributed by atoms with E-state index in [1.165, 1.54) is 12.1 Å². The van der Waals surface area contributed by atoms with E-state index in [-0.39, 0.29) is 0 Å². The van der Waals surface area contributed by atoms with Crippen LogP contribution in [0.2, 0.25) is 0 Å². The number of alkyl halides is 3. The molecule has 1 aromatic carbocycles. The smallest absolute Gasteiger partial charge is 0.372 e. The molecule has 0 heterocycles. The number of benzene rings is 1. The van der Waals surface area contributed by atoms with Crippen molar-refractivity contribution < 1.29 is 13.2 Å². The molecule has 0 aliphatic rings. The van der Waals surface area contributed by atoms with E-state index in [2.05, 4.69) is 0 Å². The Balaban J connectivity index is 3.10. The molecule has 102 valence electrons. The molecule has 0 aliphatic heterocycles. The molecule has 0 atom stereocenters. The van der Waals surface area contributed by atoms with Gasteiger partial charge in [0, 0.05) is 18.8 Å². The molecule has 0 fully saturated rings. The van der Waals surface area contributed by atoms with Crippen molar-refractivity contribution in [3.8, 4) is 0 Å². The monoisotopic (exact) mass is 259 g/mol. The highest BCUT2D eigenvalue weighted by molar-refractivity contribution is 5.51. The van der Waals surface area contributed by atoms with E-state index in [1.54, 1.807) is 6.92 Å². The van der Waals surface area contributed by atoms with Crippen LogP contribution in [-0.4, -0.2) is 13.1 Å². The van der Waals surface area contributed by atoms with Crippen LogP contribution in [0.5, 0.6) is 0 Å². The van der Waals surface area contributed by atoms with Crippen molar-refractivity contribution in [3.05, 3.63) is 29.3 Å². The molecule has 0 amide bonds. The maximum absolute atomic E-state index is 12.8. The fourth-order valence-electron chi connectivity index (χ4n) is 2.02. The Hall–Kier alpha value is -1.19. The first-order chi connectivity index (χ1) is 8.38. The fourth-order valence-corrected chi connectivity index (χ4v) is 2.02. The highest BCUT2D eigenvalue weighted by Crippen LogP contribution is 2.33. The largest absolute Gasteiger partial charge is 0.416 e. The summed E-state index contributed by atoms with van der Waals surface area (Å²) in [6, 6.07) is 4.26. The van der Waals surface area contributed by atoms with Crippen LogP contribution in [0.1, 0.15) is 37.8 Å². The van der Waals surface area contributed by atoms with Gasteiger partial charge in [0.15, 0.2) is 0 Å². The van der Waals surface area contributed by atoms with Crippen molar-refractivity contribution >= 4 is 5.69 Å². The Bertz CT molecular complexity index is 379. The average molecular weight is 259 g/mol. The lowest BCUT2D eigenvalue weighted by molar-refractivity contribution is -0.137. The molecular weight excluding hydrogens is 239 g/mol. The summed E-state index contributed by atoms with van der Waals surface area (Å²) in [5, 5.41) is 0. The van der Waals surface area contributed by atoms with Gasteiger partial charge in [-0.15, -0.1) is 0 Å². The molecule has 1 aromatic rings. The Labute approximate surface area is 107 Å². The third kappa shape index (κ3) is 3.93.